The molecule has 2 N–H and O–H groups in total. The number of aliphatic imine (C=N–C) groups is 1. The summed E-state index contributed by atoms with van der Waals surface area (Å²) in [6.45, 7) is 4.60. The van der Waals surface area contributed by atoms with Gasteiger partial charge in [-0.15, -0.1) is 24.0 Å². The summed E-state index contributed by atoms with van der Waals surface area (Å²) in [7, 11) is -1.69. The zero-order valence-electron chi connectivity index (χ0n) is 18.1. The highest BCUT2D eigenvalue weighted by molar-refractivity contribution is 14.0. The van der Waals surface area contributed by atoms with Crippen molar-refractivity contribution >= 4 is 40.0 Å². The second-order valence-electron chi connectivity index (χ2n) is 7.68. The first-order valence-electron chi connectivity index (χ1n) is 10.4. The summed E-state index contributed by atoms with van der Waals surface area (Å²) in [5.41, 5.74) is 2.02. The fourth-order valence-corrected chi connectivity index (χ4v) is 5.15. The van der Waals surface area contributed by atoms with Gasteiger partial charge in [0.1, 0.15) is 0 Å². The lowest BCUT2D eigenvalue weighted by molar-refractivity contribution is 0.281. The van der Waals surface area contributed by atoms with Crippen molar-refractivity contribution in [2.24, 2.45) is 10.9 Å². The second-order valence-corrected chi connectivity index (χ2v) is 9.62. The van der Waals surface area contributed by atoms with Crippen LogP contribution in [0.3, 0.4) is 0 Å². The van der Waals surface area contributed by atoms with Gasteiger partial charge in [0.15, 0.2) is 5.96 Å². The van der Waals surface area contributed by atoms with E-state index >= 15 is 0 Å². The number of halogens is 1. The summed E-state index contributed by atoms with van der Waals surface area (Å²) in [6, 6.07) is 13.0. The van der Waals surface area contributed by atoms with E-state index in [2.05, 4.69) is 27.5 Å². The molecule has 1 aromatic carbocycles. The van der Waals surface area contributed by atoms with E-state index in [1.165, 1.54) is 0 Å². The lowest BCUT2D eigenvalue weighted by Crippen LogP contribution is -2.39. The Bertz CT molecular complexity index is 936. The number of pyridine rings is 1. The Morgan fingerprint density at radius 3 is 2.61 bits per heavy atom. The Hall–Kier alpha value is -1.72. The minimum Gasteiger partial charge on any atom is -0.356 e. The topological polar surface area (TPSA) is 86.7 Å². The largest absolute Gasteiger partial charge is 0.356 e. The molecule has 1 aromatic heterocycles. The standard InChI is InChI=1S/C22H31N5O2S.HI/c1-18-6-5-15-27(17-18)30(28,29)21-10-8-19(9-11-21)16-26-22(23-2)25-14-12-20-7-3-4-13-24-20;/h3-4,7-11,13,18H,5-6,12,14-17H2,1-2H3,(H2,23,25,26);1H. The summed E-state index contributed by atoms with van der Waals surface area (Å²) in [4.78, 5) is 8.90. The molecule has 1 fully saturated rings. The van der Waals surface area contributed by atoms with Crippen LogP contribution < -0.4 is 10.6 Å². The van der Waals surface area contributed by atoms with Crippen molar-refractivity contribution in [2.75, 3.05) is 26.7 Å². The van der Waals surface area contributed by atoms with E-state index in [0.29, 0.717) is 36.4 Å². The highest BCUT2D eigenvalue weighted by Gasteiger charge is 2.28. The predicted molar refractivity (Wildman–Crippen MR) is 135 cm³/mol. The number of nitrogens with one attached hydrogen (secondary N) is 2. The Balaban J connectivity index is 0.00000341. The molecule has 0 saturated carbocycles. The van der Waals surface area contributed by atoms with E-state index < -0.39 is 10.0 Å². The van der Waals surface area contributed by atoms with Crippen LogP contribution >= 0.6 is 24.0 Å². The molecular formula is C22H32IN5O2S. The summed E-state index contributed by atoms with van der Waals surface area (Å²) in [6.07, 6.45) is 4.62. The first-order chi connectivity index (χ1) is 14.5. The number of hydrogen-bond acceptors (Lipinski definition) is 4. The first-order valence-corrected chi connectivity index (χ1v) is 11.9. The van der Waals surface area contributed by atoms with Gasteiger partial charge in [0, 0.05) is 51.5 Å². The number of aromatic nitrogens is 1. The summed E-state index contributed by atoms with van der Waals surface area (Å²) < 4.78 is 27.3. The molecule has 1 atom stereocenters. The van der Waals surface area contributed by atoms with Crippen molar-refractivity contribution in [1.29, 1.82) is 0 Å². The van der Waals surface area contributed by atoms with E-state index in [4.69, 9.17) is 0 Å². The molecule has 0 spiro atoms. The monoisotopic (exact) mass is 557 g/mol. The molecule has 170 valence electrons. The van der Waals surface area contributed by atoms with Crippen LogP contribution in [0.25, 0.3) is 0 Å². The number of benzene rings is 1. The summed E-state index contributed by atoms with van der Waals surface area (Å²) in [5, 5.41) is 6.53. The maximum absolute atomic E-state index is 12.9. The van der Waals surface area contributed by atoms with Crippen LogP contribution in [0.2, 0.25) is 0 Å². The normalized spacial score (nSPS) is 17.6. The number of rotatable bonds is 7. The van der Waals surface area contributed by atoms with Crippen molar-refractivity contribution in [2.45, 2.75) is 37.6 Å². The molecular weight excluding hydrogens is 525 g/mol. The third kappa shape index (κ3) is 7.43. The molecule has 1 aliphatic heterocycles. The molecule has 1 aliphatic rings. The van der Waals surface area contributed by atoms with Crippen molar-refractivity contribution in [1.82, 2.24) is 19.9 Å². The molecule has 1 saturated heterocycles. The number of hydrogen-bond donors (Lipinski definition) is 2. The van der Waals surface area contributed by atoms with Gasteiger partial charge in [-0.25, -0.2) is 8.42 Å². The zero-order valence-corrected chi connectivity index (χ0v) is 21.3. The van der Waals surface area contributed by atoms with Gasteiger partial charge in [-0.1, -0.05) is 25.1 Å². The maximum atomic E-state index is 12.9. The van der Waals surface area contributed by atoms with E-state index in [1.807, 2.05) is 30.3 Å². The highest BCUT2D eigenvalue weighted by atomic mass is 127. The molecule has 7 nitrogen and oxygen atoms in total. The fourth-order valence-electron chi connectivity index (χ4n) is 3.55. The third-order valence-electron chi connectivity index (χ3n) is 5.26. The Kier molecular flexibility index (Phi) is 10.2. The Labute approximate surface area is 202 Å². The summed E-state index contributed by atoms with van der Waals surface area (Å²) >= 11 is 0. The number of sulfonamides is 1. The molecule has 3 rings (SSSR count). The molecule has 31 heavy (non-hydrogen) atoms. The van der Waals surface area contributed by atoms with Crippen molar-refractivity contribution < 1.29 is 8.42 Å². The van der Waals surface area contributed by atoms with Gasteiger partial charge >= 0.3 is 0 Å². The first kappa shape index (κ1) is 25.5. The smallest absolute Gasteiger partial charge is 0.243 e. The molecule has 0 bridgehead atoms. The average Bonchev–Trinajstić information content (AvgIpc) is 2.77. The molecule has 2 heterocycles. The lowest BCUT2D eigenvalue weighted by atomic mass is 10.0. The molecule has 0 aliphatic carbocycles. The quantitative estimate of drug-likeness (QED) is 0.311. The van der Waals surface area contributed by atoms with Gasteiger partial charge in [-0.05, 0) is 48.6 Å². The fraction of sp³-hybridized carbons (Fsp3) is 0.455. The van der Waals surface area contributed by atoms with Gasteiger partial charge in [0.05, 0.1) is 4.90 Å². The maximum Gasteiger partial charge on any atom is 0.243 e. The number of nitrogens with zero attached hydrogens (tertiary/aromatic N) is 3. The van der Waals surface area contributed by atoms with Crippen LogP contribution in [0, 0.1) is 5.92 Å². The predicted octanol–water partition coefficient (Wildman–Crippen LogP) is 3.03. The van der Waals surface area contributed by atoms with Crippen LogP contribution in [-0.2, 0) is 23.0 Å². The van der Waals surface area contributed by atoms with E-state index in [0.717, 1.165) is 37.1 Å². The number of guanidine groups is 1. The van der Waals surface area contributed by atoms with Crippen molar-refractivity contribution in [3.63, 3.8) is 0 Å². The van der Waals surface area contributed by atoms with Gasteiger partial charge in [0.2, 0.25) is 10.0 Å². The van der Waals surface area contributed by atoms with Gasteiger partial charge in [-0.3, -0.25) is 9.98 Å². The zero-order chi connectivity index (χ0) is 21.4. The van der Waals surface area contributed by atoms with Crippen LogP contribution in [0.1, 0.15) is 31.0 Å². The lowest BCUT2D eigenvalue weighted by Gasteiger charge is -2.30. The molecule has 1 unspecified atom stereocenters. The van der Waals surface area contributed by atoms with Gasteiger partial charge in [-0.2, -0.15) is 4.31 Å². The minimum absolute atomic E-state index is 0. The van der Waals surface area contributed by atoms with Crippen LogP contribution in [-0.4, -0.2) is 50.3 Å². The van der Waals surface area contributed by atoms with Crippen LogP contribution in [0.5, 0.6) is 0 Å². The Morgan fingerprint density at radius 2 is 1.97 bits per heavy atom. The van der Waals surface area contributed by atoms with E-state index in [-0.39, 0.29) is 24.0 Å². The minimum atomic E-state index is -3.42. The molecule has 2 aromatic rings. The highest BCUT2D eigenvalue weighted by Crippen LogP contribution is 2.23. The third-order valence-corrected chi connectivity index (χ3v) is 7.14. The van der Waals surface area contributed by atoms with E-state index in [9.17, 15) is 8.42 Å². The molecule has 9 heteroatoms. The van der Waals surface area contributed by atoms with Crippen molar-refractivity contribution in [3.8, 4) is 0 Å². The summed E-state index contributed by atoms with van der Waals surface area (Å²) in [5.74, 6) is 1.11. The van der Waals surface area contributed by atoms with Crippen molar-refractivity contribution in [3.05, 3.63) is 59.9 Å². The Morgan fingerprint density at radius 1 is 1.19 bits per heavy atom. The SMILES string of the molecule is CN=C(NCCc1ccccn1)NCc1ccc(S(=O)(=O)N2CCCC(C)C2)cc1.I. The van der Waals surface area contributed by atoms with Crippen LogP contribution in [0.15, 0.2) is 58.5 Å². The van der Waals surface area contributed by atoms with Gasteiger partial charge in [0.25, 0.3) is 0 Å². The molecule has 0 radical (unpaired) electrons. The van der Waals surface area contributed by atoms with E-state index in [1.54, 1.807) is 29.7 Å². The van der Waals surface area contributed by atoms with Crippen LogP contribution in [0.4, 0.5) is 0 Å². The average molecular weight is 558 g/mol. The molecule has 0 amide bonds. The van der Waals surface area contributed by atoms with Gasteiger partial charge < -0.3 is 10.6 Å². The second kappa shape index (κ2) is 12.4. The number of piperidine rings is 1.